The molecule has 152 valence electrons. The van der Waals surface area contributed by atoms with Crippen molar-refractivity contribution in [2.75, 3.05) is 32.8 Å². The molecular weight excluding hydrogens is 384 g/mol. The van der Waals surface area contributed by atoms with Gasteiger partial charge in [0.25, 0.3) is 5.91 Å². The number of furan rings is 1. The molecule has 1 saturated heterocycles. The van der Waals surface area contributed by atoms with Crippen LogP contribution in [0.25, 0.3) is 0 Å². The number of morpholine rings is 1. The van der Waals surface area contributed by atoms with Gasteiger partial charge in [-0.3, -0.25) is 4.79 Å². The van der Waals surface area contributed by atoms with Crippen molar-refractivity contribution in [1.82, 2.24) is 9.62 Å². The Morgan fingerprint density at radius 3 is 2.50 bits per heavy atom. The zero-order chi connectivity index (χ0) is 20.2. The third kappa shape index (κ3) is 4.99. The molecule has 2 aromatic rings. The lowest BCUT2D eigenvalue weighted by Gasteiger charge is -2.26. The van der Waals surface area contributed by atoms with Gasteiger partial charge in [0.1, 0.15) is 5.76 Å². The highest BCUT2D eigenvalue weighted by molar-refractivity contribution is 7.89. The van der Waals surface area contributed by atoms with E-state index in [1.807, 2.05) is 0 Å². The van der Waals surface area contributed by atoms with Crippen LogP contribution in [0.2, 0.25) is 0 Å². The largest absolute Gasteiger partial charge is 0.469 e. The zero-order valence-electron chi connectivity index (χ0n) is 15.6. The number of carbonyl (C=O) groups excluding carboxylic acids is 1. The summed E-state index contributed by atoms with van der Waals surface area (Å²) in [6.45, 7) is 3.01. The highest BCUT2D eigenvalue weighted by atomic mass is 32.2. The molecule has 1 atom stereocenters. The molecule has 0 radical (unpaired) electrons. The summed E-state index contributed by atoms with van der Waals surface area (Å²) >= 11 is 0. The SMILES string of the molecule is CC(O)(CNC(=O)c1ccc(S(=O)(=O)N2CCOCC2)cc1)Cc1ccco1. The molecule has 0 spiro atoms. The summed E-state index contributed by atoms with van der Waals surface area (Å²) in [5.74, 6) is 0.229. The molecule has 28 heavy (non-hydrogen) atoms. The van der Waals surface area contributed by atoms with Crippen molar-refractivity contribution in [2.45, 2.75) is 23.8 Å². The number of benzene rings is 1. The predicted molar refractivity (Wildman–Crippen MR) is 101 cm³/mol. The number of nitrogens with zero attached hydrogens (tertiary/aromatic N) is 1. The third-order valence-corrected chi connectivity index (χ3v) is 6.40. The Labute approximate surface area is 164 Å². The van der Waals surface area contributed by atoms with E-state index in [4.69, 9.17) is 9.15 Å². The Balaban J connectivity index is 1.60. The van der Waals surface area contributed by atoms with Gasteiger partial charge in [0.05, 0.1) is 30.0 Å². The normalized spacial score (nSPS) is 17.8. The second-order valence-electron chi connectivity index (χ2n) is 6.98. The maximum absolute atomic E-state index is 12.6. The number of sulfonamides is 1. The van der Waals surface area contributed by atoms with E-state index >= 15 is 0 Å². The minimum Gasteiger partial charge on any atom is -0.469 e. The van der Waals surface area contributed by atoms with Gasteiger partial charge in [-0.15, -0.1) is 0 Å². The number of nitrogens with one attached hydrogen (secondary N) is 1. The molecule has 9 heteroatoms. The Hall–Kier alpha value is -2.20. The average Bonchev–Trinajstić information content (AvgIpc) is 3.19. The Morgan fingerprint density at radius 2 is 1.89 bits per heavy atom. The van der Waals surface area contributed by atoms with Crippen LogP contribution in [-0.2, 0) is 21.2 Å². The van der Waals surface area contributed by atoms with Crippen LogP contribution in [-0.4, -0.2) is 62.2 Å². The number of hydrogen-bond acceptors (Lipinski definition) is 6. The summed E-state index contributed by atoms with van der Waals surface area (Å²) < 4.78 is 37.0. The fourth-order valence-electron chi connectivity index (χ4n) is 2.94. The van der Waals surface area contributed by atoms with Crippen molar-refractivity contribution in [3.05, 3.63) is 54.0 Å². The molecule has 1 aliphatic heterocycles. The van der Waals surface area contributed by atoms with Crippen molar-refractivity contribution in [3.8, 4) is 0 Å². The number of rotatable bonds is 7. The summed E-state index contributed by atoms with van der Waals surface area (Å²) in [6, 6.07) is 9.25. The molecule has 8 nitrogen and oxygen atoms in total. The first-order valence-electron chi connectivity index (χ1n) is 8.99. The summed E-state index contributed by atoms with van der Waals surface area (Å²) in [4.78, 5) is 12.5. The second kappa shape index (κ2) is 8.44. The van der Waals surface area contributed by atoms with E-state index in [0.29, 0.717) is 37.6 Å². The number of hydrogen-bond donors (Lipinski definition) is 2. The number of carbonyl (C=O) groups is 1. The number of aliphatic hydroxyl groups is 1. The van der Waals surface area contributed by atoms with Crippen molar-refractivity contribution < 1.29 is 27.5 Å². The van der Waals surface area contributed by atoms with E-state index in [9.17, 15) is 18.3 Å². The van der Waals surface area contributed by atoms with Crippen LogP contribution in [0.1, 0.15) is 23.0 Å². The van der Waals surface area contributed by atoms with Crippen LogP contribution < -0.4 is 5.32 Å². The maximum atomic E-state index is 12.6. The van der Waals surface area contributed by atoms with Gasteiger partial charge in [0.2, 0.25) is 10.0 Å². The van der Waals surface area contributed by atoms with Crippen LogP contribution in [0.15, 0.2) is 52.0 Å². The van der Waals surface area contributed by atoms with Crippen LogP contribution in [0.4, 0.5) is 0 Å². The van der Waals surface area contributed by atoms with E-state index in [1.165, 1.54) is 34.8 Å². The standard InChI is InChI=1S/C19H24N2O6S/c1-19(23,13-16-3-2-10-27-16)14-20-18(22)15-4-6-17(7-5-15)28(24,25)21-8-11-26-12-9-21/h2-7,10,23H,8-9,11-14H2,1H3,(H,20,22). The summed E-state index contributed by atoms with van der Waals surface area (Å²) in [5.41, 5.74) is -0.859. The van der Waals surface area contributed by atoms with Crippen molar-refractivity contribution in [1.29, 1.82) is 0 Å². The lowest BCUT2D eigenvalue weighted by Crippen LogP contribution is -2.42. The molecule has 1 aliphatic rings. The molecule has 0 bridgehead atoms. The fourth-order valence-corrected chi connectivity index (χ4v) is 4.35. The third-order valence-electron chi connectivity index (χ3n) is 4.49. The molecule has 1 aromatic heterocycles. The predicted octanol–water partition coefficient (Wildman–Crippen LogP) is 1.02. The first-order chi connectivity index (χ1) is 13.3. The molecule has 2 N–H and O–H groups in total. The second-order valence-corrected chi connectivity index (χ2v) is 8.91. The smallest absolute Gasteiger partial charge is 0.251 e. The quantitative estimate of drug-likeness (QED) is 0.708. The molecule has 1 amide bonds. The highest BCUT2D eigenvalue weighted by Crippen LogP contribution is 2.18. The Kier molecular flexibility index (Phi) is 6.19. The van der Waals surface area contributed by atoms with E-state index < -0.39 is 21.5 Å². The van der Waals surface area contributed by atoms with Gasteiger partial charge in [0, 0.05) is 31.6 Å². The van der Waals surface area contributed by atoms with Gasteiger partial charge in [0.15, 0.2) is 0 Å². The average molecular weight is 408 g/mol. The van der Waals surface area contributed by atoms with Gasteiger partial charge in [-0.05, 0) is 43.3 Å². The van der Waals surface area contributed by atoms with E-state index in [1.54, 1.807) is 19.1 Å². The summed E-state index contributed by atoms with van der Waals surface area (Å²) in [5, 5.41) is 13.1. The topological polar surface area (TPSA) is 109 Å². The molecule has 3 rings (SSSR count). The van der Waals surface area contributed by atoms with Gasteiger partial charge in [-0.2, -0.15) is 4.31 Å². The van der Waals surface area contributed by atoms with E-state index in [0.717, 1.165) is 0 Å². The first kappa shape index (κ1) is 20.5. The first-order valence-corrected chi connectivity index (χ1v) is 10.4. The lowest BCUT2D eigenvalue weighted by atomic mass is 10.0. The molecule has 2 heterocycles. The van der Waals surface area contributed by atoms with E-state index in [-0.39, 0.29) is 17.9 Å². The van der Waals surface area contributed by atoms with Crippen molar-refractivity contribution in [2.24, 2.45) is 0 Å². The minimum atomic E-state index is -3.60. The van der Waals surface area contributed by atoms with Crippen molar-refractivity contribution >= 4 is 15.9 Å². The van der Waals surface area contributed by atoms with Gasteiger partial charge in [-0.25, -0.2) is 8.42 Å². The van der Waals surface area contributed by atoms with Crippen LogP contribution in [0.3, 0.4) is 0 Å². The molecule has 1 fully saturated rings. The zero-order valence-corrected chi connectivity index (χ0v) is 16.4. The fraction of sp³-hybridized carbons (Fsp3) is 0.421. The molecular formula is C19H24N2O6S. The monoisotopic (exact) mass is 408 g/mol. The molecule has 0 saturated carbocycles. The molecule has 1 aromatic carbocycles. The Bertz CT molecular complexity index is 885. The minimum absolute atomic E-state index is 0.0281. The van der Waals surface area contributed by atoms with Crippen molar-refractivity contribution in [3.63, 3.8) is 0 Å². The summed E-state index contributed by atoms with van der Waals surface area (Å²) in [7, 11) is -3.60. The van der Waals surface area contributed by atoms with Gasteiger partial charge in [-0.1, -0.05) is 0 Å². The van der Waals surface area contributed by atoms with Gasteiger partial charge >= 0.3 is 0 Å². The number of ether oxygens (including phenoxy) is 1. The summed E-state index contributed by atoms with van der Waals surface area (Å²) in [6.07, 6.45) is 1.79. The Morgan fingerprint density at radius 1 is 1.21 bits per heavy atom. The van der Waals surface area contributed by atoms with Crippen LogP contribution in [0, 0.1) is 0 Å². The molecule has 1 unspecified atom stereocenters. The van der Waals surface area contributed by atoms with Crippen LogP contribution >= 0.6 is 0 Å². The maximum Gasteiger partial charge on any atom is 0.251 e. The highest BCUT2D eigenvalue weighted by Gasteiger charge is 2.27. The number of amides is 1. The molecule has 0 aliphatic carbocycles. The lowest BCUT2D eigenvalue weighted by molar-refractivity contribution is 0.0510. The van der Waals surface area contributed by atoms with Crippen LogP contribution in [0.5, 0.6) is 0 Å². The van der Waals surface area contributed by atoms with E-state index in [2.05, 4.69) is 5.32 Å². The van der Waals surface area contributed by atoms with Gasteiger partial charge < -0.3 is 19.6 Å².